The van der Waals surface area contributed by atoms with Crippen LogP contribution in [0, 0.1) is 6.92 Å². The van der Waals surface area contributed by atoms with E-state index in [1.165, 1.54) is 36.9 Å². The van der Waals surface area contributed by atoms with E-state index >= 15 is 0 Å². The van der Waals surface area contributed by atoms with E-state index in [1.54, 1.807) is 0 Å². The molecule has 2 rings (SSSR count). The number of guanidine groups is 1. The molecule has 0 saturated carbocycles. The van der Waals surface area contributed by atoms with Crippen LogP contribution in [0.5, 0.6) is 0 Å². The molecule has 0 amide bonds. The lowest BCUT2D eigenvalue weighted by atomic mass is 10.1. The summed E-state index contributed by atoms with van der Waals surface area (Å²) in [7, 11) is 0. The lowest BCUT2D eigenvalue weighted by Crippen LogP contribution is -2.40. The number of rotatable bonds is 5. The Hall–Kier alpha value is -1.51. The third-order valence-electron chi connectivity index (χ3n) is 3.50. The van der Waals surface area contributed by atoms with Crippen LogP contribution in [0.4, 0.5) is 5.69 Å². The zero-order chi connectivity index (χ0) is 13.0. The average Bonchev–Trinajstić information content (AvgIpc) is 2.71. The molecule has 0 fully saturated rings. The standard InChI is InChI=1S/C15H23N3/c1-3-4-5-8-14-11-17-15(16)18(14)13-9-6-7-12(2)10-13/h6-7,9-10,14H,3-5,8,11H2,1-2H3,(H2,16,17). The topological polar surface area (TPSA) is 41.6 Å². The lowest BCUT2D eigenvalue weighted by molar-refractivity contribution is 0.580. The molecule has 3 nitrogen and oxygen atoms in total. The summed E-state index contributed by atoms with van der Waals surface area (Å²) >= 11 is 0. The van der Waals surface area contributed by atoms with Crippen molar-refractivity contribution in [3.05, 3.63) is 29.8 Å². The molecule has 1 aliphatic heterocycles. The van der Waals surface area contributed by atoms with E-state index in [1.807, 2.05) is 0 Å². The van der Waals surface area contributed by atoms with E-state index in [2.05, 4.69) is 48.0 Å². The Bertz CT molecular complexity index is 426. The molecule has 1 aliphatic rings. The third kappa shape index (κ3) is 2.84. The summed E-state index contributed by atoms with van der Waals surface area (Å²) in [6.07, 6.45) is 4.98. The molecule has 1 atom stereocenters. The summed E-state index contributed by atoms with van der Waals surface area (Å²) in [6.45, 7) is 5.18. The first-order chi connectivity index (χ1) is 8.72. The van der Waals surface area contributed by atoms with Gasteiger partial charge in [-0.05, 0) is 31.0 Å². The summed E-state index contributed by atoms with van der Waals surface area (Å²) in [5.41, 5.74) is 8.47. The highest BCUT2D eigenvalue weighted by Gasteiger charge is 2.26. The number of nitrogens with zero attached hydrogens (tertiary/aromatic N) is 2. The van der Waals surface area contributed by atoms with Crippen molar-refractivity contribution in [3.8, 4) is 0 Å². The first-order valence-electron chi connectivity index (χ1n) is 6.88. The fourth-order valence-electron chi connectivity index (χ4n) is 2.52. The number of anilines is 1. The molecule has 0 saturated heterocycles. The van der Waals surface area contributed by atoms with Gasteiger partial charge in [0.25, 0.3) is 0 Å². The minimum Gasteiger partial charge on any atom is -0.370 e. The maximum Gasteiger partial charge on any atom is 0.196 e. The van der Waals surface area contributed by atoms with Crippen LogP contribution >= 0.6 is 0 Å². The van der Waals surface area contributed by atoms with Crippen molar-refractivity contribution in [2.24, 2.45) is 10.7 Å². The predicted octanol–water partition coefficient (Wildman–Crippen LogP) is 3.08. The number of hydrogen-bond donors (Lipinski definition) is 1. The van der Waals surface area contributed by atoms with Gasteiger partial charge in [-0.25, -0.2) is 0 Å². The highest BCUT2D eigenvalue weighted by molar-refractivity contribution is 5.97. The molecule has 1 aromatic rings. The first kappa shape index (κ1) is 12.9. The Morgan fingerprint density at radius 2 is 2.22 bits per heavy atom. The van der Waals surface area contributed by atoms with Crippen LogP contribution in [0.25, 0.3) is 0 Å². The molecule has 0 aliphatic carbocycles. The van der Waals surface area contributed by atoms with E-state index in [0.29, 0.717) is 12.0 Å². The molecule has 0 radical (unpaired) electrons. The van der Waals surface area contributed by atoms with Crippen LogP contribution < -0.4 is 10.6 Å². The summed E-state index contributed by atoms with van der Waals surface area (Å²) in [5, 5.41) is 0. The predicted molar refractivity (Wildman–Crippen MR) is 78.1 cm³/mol. The fourth-order valence-corrected chi connectivity index (χ4v) is 2.52. The largest absolute Gasteiger partial charge is 0.370 e. The molecule has 3 heteroatoms. The minimum absolute atomic E-state index is 0.443. The van der Waals surface area contributed by atoms with E-state index in [9.17, 15) is 0 Å². The average molecular weight is 245 g/mol. The van der Waals surface area contributed by atoms with Gasteiger partial charge in [-0.1, -0.05) is 38.3 Å². The number of unbranched alkanes of at least 4 members (excludes halogenated alkanes) is 2. The monoisotopic (exact) mass is 245 g/mol. The van der Waals surface area contributed by atoms with Gasteiger partial charge in [-0.3, -0.25) is 4.99 Å². The Kier molecular flexibility index (Phi) is 4.24. The van der Waals surface area contributed by atoms with Gasteiger partial charge in [0.2, 0.25) is 0 Å². The van der Waals surface area contributed by atoms with Crippen LogP contribution in [0.15, 0.2) is 29.3 Å². The molecule has 1 heterocycles. The fraction of sp³-hybridized carbons (Fsp3) is 0.533. The van der Waals surface area contributed by atoms with Gasteiger partial charge in [0.05, 0.1) is 12.6 Å². The summed E-state index contributed by atoms with van der Waals surface area (Å²) in [6, 6.07) is 8.94. The summed E-state index contributed by atoms with van der Waals surface area (Å²) < 4.78 is 0. The van der Waals surface area contributed by atoms with Crippen molar-refractivity contribution in [2.75, 3.05) is 11.4 Å². The molecule has 1 aromatic carbocycles. The van der Waals surface area contributed by atoms with E-state index in [0.717, 1.165) is 6.54 Å². The van der Waals surface area contributed by atoms with Gasteiger partial charge in [0.1, 0.15) is 0 Å². The van der Waals surface area contributed by atoms with Gasteiger partial charge >= 0.3 is 0 Å². The Morgan fingerprint density at radius 1 is 1.39 bits per heavy atom. The number of hydrogen-bond acceptors (Lipinski definition) is 3. The van der Waals surface area contributed by atoms with Gasteiger partial charge in [0, 0.05) is 5.69 Å². The highest BCUT2D eigenvalue weighted by atomic mass is 15.3. The van der Waals surface area contributed by atoms with Crippen molar-refractivity contribution in [3.63, 3.8) is 0 Å². The van der Waals surface area contributed by atoms with Crippen LogP contribution in [0.1, 0.15) is 38.2 Å². The zero-order valence-electron chi connectivity index (χ0n) is 11.4. The van der Waals surface area contributed by atoms with Crippen molar-refractivity contribution >= 4 is 11.6 Å². The quantitative estimate of drug-likeness (QED) is 0.810. The second-order valence-electron chi connectivity index (χ2n) is 5.06. The van der Waals surface area contributed by atoms with Crippen molar-refractivity contribution in [2.45, 2.75) is 45.6 Å². The first-order valence-corrected chi connectivity index (χ1v) is 6.88. The van der Waals surface area contributed by atoms with Crippen molar-refractivity contribution < 1.29 is 0 Å². The third-order valence-corrected chi connectivity index (χ3v) is 3.50. The second-order valence-corrected chi connectivity index (χ2v) is 5.06. The molecular formula is C15H23N3. The Balaban J connectivity index is 2.10. The normalized spacial score (nSPS) is 19.1. The Labute approximate surface area is 110 Å². The summed E-state index contributed by atoms with van der Waals surface area (Å²) in [4.78, 5) is 6.60. The van der Waals surface area contributed by atoms with Crippen LogP contribution in [0.2, 0.25) is 0 Å². The van der Waals surface area contributed by atoms with Gasteiger partial charge in [0.15, 0.2) is 5.96 Å². The van der Waals surface area contributed by atoms with Crippen molar-refractivity contribution in [1.82, 2.24) is 0 Å². The number of nitrogens with two attached hydrogens (primary N) is 1. The van der Waals surface area contributed by atoms with Crippen molar-refractivity contribution in [1.29, 1.82) is 0 Å². The molecule has 0 aromatic heterocycles. The number of aryl methyl sites for hydroxylation is 1. The maximum atomic E-state index is 6.03. The van der Waals surface area contributed by atoms with Gasteiger partial charge in [-0.2, -0.15) is 0 Å². The molecule has 1 unspecified atom stereocenters. The molecule has 18 heavy (non-hydrogen) atoms. The minimum atomic E-state index is 0.443. The molecule has 0 bridgehead atoms. The van der Waals surface area contributed by atoms with Crippen LogP contribution in [-0.2, 0) is 0 Å². The number of aliphatic imine (C=N–C) groups is 1. The maximum absolute atomic E-state index is 6.03. The van der Waals surface area contributed by atoms with Crippen LogP contribution in [-0.4, -0.2) is 18.5 Å². The molecule has 0 spiro atoms. The lowest BCUT2D eigenvalue weighted by Gasteiger charge is -2.26. The van der Waals surface area contributed by atoms with E-state index < -0.39 is 0 Å². The Morgan fingerprint density at radius 3 is 2.94 bits per heavy atom. The van der Waals surface area contributed by atoms with E-state index in [-0.39, 0.29) is 0 Å². The highest BCUT2D eigenvalue weighted by Crippen LogP contribution is 2.24. The van der Waals surface area contributed by atoms with Gasteiger partial charge < -0.3 is 10.6 Å². The smallest absolute Gasteiger partial charge is 0.196 e. The van der Waals surface area contributed by atoms with E-state index in [4.69, 9.17) is 5.73 Å². The van der Waals surface area contributed by atoms with Gasteiger partial charge in [-0.15, -0.1) is 0 Å². The number of benzene rings is 1. The zero-order valence-corrected chi connectivity index (χ0v) is 11.4. The molecular weight excluding hydrogens is 222 g/mol. The SMILES string of the molecule is CCCCCC1CN=C(N)N1c1cccc(C)c1. The molecule has 2 N–H and O–H groups in total. The second kappa shape index (κ2) is 5.89. The summed E-state index contributed by atoms with van der Waals surface area (Å²) in [5.74, 6) is 0.669. The van der Waals surface area contributed by atoms with Crippen LogP contribution in [0.3, 0.4) is 0 Å². The molecule has 98 valence electrons.